The van der Waals surface area contributed by atoms with Gasteiger partial charge in [-0.3, -0.25) is 14.4 Å². The van der Waals surface area contributed by atoms with Crippen molar-refractivity contribution in [2.75, 3.05) is 38.2 Å². The Bertz CT molecular complexity index is 1000. The van der Waals surface area contributed by atoms with Crippen molar-refractivity contribution >= 4 is 23.4 Å². The van der Waals surface area contributed by atoms with Gasteiger partial charge in [0, 0.05) is 49.9 Å². The second-order valence-corrected chi connectivity index (χ2v) is 9.02. The average molecular weight is 464 g/mol. The van der Waals surface area contributed by atoms with Crippen molar-refractivity contribution < 1.29 is 19.1 Å². The van der Waals surface area contributed by atoms with E-state index in [0.717, 1.165) is 30.7 Å². The summed E-state index contributed by atoms with van der Waals surface area (Å²) in [7, 11) is 1.61. The van der Waals surface area contributed by atoms with E-state index in [1.54, 1.807) is 12.0 Å². The summed E-state index contributed by atoms with van der Waals surface area (Å²) in [5.41, 5.74) is 1.49. The molecule has 0 radical (unpaired) electrons. The molecule has 1 unspecified atom stereocenters. The summed E-state index contributed by atoms with van der Waals surface area (Å²) in [5.74, 6) is 0.464. The monoisotopic (exact) mass is 463 g/mol. The maximum absolute atomic E-state index is 13.5. The molecule has 2 aromatic carbocycles. The number of carbonyl (C=O) groups excluding carboxylic acids is 3. The van der Waals surface area contributed by atoms with E-state index >= 15 is 0 Å². The van der Waals surface area contributed by atoms with Gasteiger partial charge in [0.1, 0.15) is 5.75 Å². The highest BCUT2D eigenvalue weighted by molar-refractivity contribution is 6.00. The van der Waals surface area contributed by atoms with Gasteiger partial charge in [0.25, 0.3) is 5.91 Å². The number of hydrogen-bond acceptors (Lipinski definition) is 4. The normalized spacial score (nSPS) is 18.8. The van der Waals surface area contributed by atoms with E-state index in [0.29, 0.717) is 31.7 Å². The minimum atomic E-state index is -0.342. The number of amides is 3. The van der Waals surface area contributed by atoms with Gasteiger partial charge in [0.15, 0.2) is 0 Å². The van der Waals surface area contributed by atoms with Crippen LogP contribution in [0, 0.1) is 5.92 Å². The van der Waals surface area contributed by atoms with E-state index < -0.39 is 0 Å². The van der Waals surface area contributed by atoms with Gasteiger partial charge < -0.3 is 19.4 Å². The van der Waals surface area contributed by atoms with Crippen molar-refractivity contribution in [3.63, 3.8) is 0 Å². The predicted octanol–water partition coefficient (Wildman–Crippen LogP) is 3.59. The molecule has 2 aliphatic rings. The van der Waals surface area contributed by atoms with Gasteiger partial charge in [-0.1, -0.05) is 25.1 Å². The first-order chi connectivity index (χ1) is 16.5. The Hall–Kier alpha value is -3.35. The Morgan fingerprint density at radius 2 is 1.71 bits per heavy atom. The fraction of sp³-hybridized carbons (Fsp3) is 0.444. The average Bonchev–Trinajstić information content (AvgIpc) is 3.28. The summed E-state index contributed by atoms with van der Waals surface area (Å²) in [6.07, 6.45) is 2.61. The van der Waals surface area contributed by atoms with Crippen LogP contribution < -0.4 is 9.64 Å². The molecule has 3 amide bonds. The fourth-order valence-corrected chi connectivity index (χ4v) is 4.98. The predicted molar refractivity (Wildman–Crippen MR) is 131 cm³/mol. The van der Waals surface area contributed by atoms with Crippen LogP contribution in [0.5, 0.6) is 5.75 Å². The lowest BCUT2D eigenvalue weighted by atomic mass is 9.98. The van der Waals surface area contributed by atoms with Gasteiger partial charge >= 0.3 is 0 Å². The van der Waals surface area contributed by atoms with Crippen molar-refractivity contribution in [1.29, 1.82) is 0 Å². The Morgan fingerprint density at radius 1 is 1.03 bits per heavy atom. The molecule has 2 saturated heterocycles. The van der Waals surface area contributed by atoms with E-state index in [4.69, 9.17) is 4.74 Å². The molecule has 2 heterocycles. The van der Waals surface area contributed by atoms with E-state index in [9.17, 15) is 14.4 Å². The third-order valence-corrected chi connectivity index (χ3v) is 6.82. The molecule has 7 nitrogen and oxygen atoms in total. The highest BCUT2D eigenvalue weighted by Gasteiger charge is 2.39. The van der Waals surface area contributed by atoms with Gasteiger partial charge in [-0.05, 0) is 55.7 Å². The number of nitrogens with zero attached hydrogens (tertiary/aromatic N) is 3. The van der Waals surface area contributed by atoms with Crippen molar-refractivity contribution in [2.45, 2.75) is 38.6 Å². The van der Waals surface area contributed by atoms with Crippen LogP contribution in [0.15, 0.2) is 54.6 Å². The molecule has 2 aromatic rings. The summed E-state index contributed by atoms with van der Waals surface area (Å²) >= 11 is 0. The molecule has 0 saturated carbocycles. The minimum absolute atomic E-state index is 0.0248. The Balaban J connectivity index is 1.39. The topological polar surface area (TPSA) is 70.2 Å². The quantitative estimate of drug-likeness (QED) is 0.629. The molecular formula is C27H33N3O4. The molecule has 7 heteroatoms. The van der Waals surface area contributed by atoms with E-state index in [1.807, 2.05) is 64.4 Å². The van der Waals surface area contributed by atoms with E-state index in [1.165, 1.54) is 0 Å². The van der Waals surface area contributed by atoms with Crippen LogP contribution in [-0.2, 0) is 9.59 Å². The summed E-state index contributed by atoms with van der Waals surface area (Å²) < 4.78 is 5.20. The van der Waals surface area contributed by atoms with Gasteiger partial charge in [0.05, 0.1) is 13.0 Å². The van der Waals surface area contributed by atoms with Crippen molar-refractivity contribution in [3.05, 3.63) is 60.2 Å². The van der Waals surface area contributed by atoms with Crippen molar-refractivity contribution in [3.8, 4) is 5.75 Å². The first-order valence-electron chi connectivity index (χ1n) is 12.1. The summed E-state index contributed by atoms with van der Waals surface area (Å²) in [4.78, 5) is 44.6. The molecular weight excluding hydrogens is 430 g/mol. The van der Waals surface area contributed by atoms with E-state index in [2.05, 4.69) is 6.92 Å². The second kappa shape index (κ2) is 10.7. The Kier molecular flexibility index (Phi) is 7.50. The number of ether oxygens (including phenoxy) is 1. The molecule has 4 rings (SSSR count). The molecule has 1 atom stereocenters. The number of methoxy groups -OCH3 is 1. The largest absolute Gasteiger partial charge is 0.497 e. The second-order valence-electron chi connectivity index (χ2n) is 9.02. The standard InChI is InChI=1S/C27H33N3O4/c1-3-15-29(23-13-16-28(17-14-23)26(32)20-7-5-4-6-8-20)27(33)21-18-25(31)30(19-21)22-9-11-24(34-2)12-10-22/h4-12,21,23H,3,13-19H2,1-2H3. The third-order valence-electron chi connectivity index (χ3n) is 6.82. The molecule has 180 valence electrons. The Labute approximate surface area is 201 Å². The van der Waals surface area contributed by atoms with Gasteiger partial charge in [-0.25, -0.2) is 0 Å². The van der Waals surface area contributed by atoms with Crippen molar-refractivity contribution in [2.24, 2.45) is 5.92 Å². The molecule has 0 bridgehead atoms. The van der Waals surface area contributed by atoms with Crippen LogP contribution >= 0.6 is 0 Å². The first kappa shape index (κ1) is 23.8. The van der Waals surface area contributed by atoms with Crippen LogP contribution in [-0.4, -0.2) is 66.9 Å². The number of rotatable bonds is 7. The number of likely N-dealkylation sites (tertiary alicyclic amines) is 1. The lowest BCUT2D eigenvalue weighted by molar-refractivity contribution is -0.139. The summed E-state index contributed by atoms with van der Waals surface area (Å²) in [5, 5.41) is 0. The number of anilines is 1. The molecule has 2 fully saturated rings. The maximum Gasteiger partial charge on any atom is 0.253 e. The maximum atomic E-state index is 13.5. The smallest absolute Gasteiger partial charge is 0.253 e. The number of hydrogen-bond donors (Lipinski definition) is 0. The van der Waals surface area contributed by atoms with E-state index in [-0.39, 0.29) is 36.1 Å². The van der Waals surface area contributed by atoms with Crippen LogP contribution in [0.25, 0.3) is 0 Å². The SMILES string of the molecule is CCCN(C(=O)C1CC(=O)N(c2ccc(OC)cc2)C1)C1CCN(C(=O)c2ccccc2)CC1. The fourth-order valence-electron chi connectivity index (χ4n) is 4.98. The molecule has 0 aliphatic carbocycles. The zero-order valence-corrected chi connectivity index (χ0v) is 20.0. The van der Waals surface area contributed by atoms with Crippen LogP contribution in [0.3, 0.4) is 0 Å². The van der Waals surface area contributed by atoms with Gasteiger partial charge in [-0.15, -0.1) is 0 Å². The molecule has 34 heavy (non-hydrogen) atoms. The lowest BCUT2D eigenvalue weighted by Crippen LogP contribution is -2.50. The molecule has 0 aromatic heterocycles. The molecule has 0 N–H and O–H groups in total. The first-order valence-corrected chi connectivity index (χ1v) is 12.1. The number of piperidine rings is 1. The van der Waals surface area contributed by atoms with Crippen LogP contribution in [0.2, 0.25) is 0 Å². The molecule has 2 aliphatic heterocycles. The number of carbonyl (C=O) groups is 3. The highest BCUT2D eigenvalue weighted by Crippen LogP contribution is 2.29. The Morgan fingerprint density at radius 3 is 2.32 bits per heavy atom. The molecule has 0 spiro atoms. The van der Waals surface area contributed by atoms with Crippen molar-refractivity contribution in [1.82, 2.24) is 9.80 Å². The zero-order chi connectivity index (χ0) is 24.1. The lowest BCUT2D eigenvalue weighted by Gasteiger charge is -2.39. The summed E-state index contributed by atoms with van der Waals surface area (Å²) in [6, 6.07) is 16.8. The highest BCUT2D eigenvalue weighted by atomic mass is 16.5. The summed E-state index contributed by atoms with van der Waals surface area (Å²) in [6.45, 7) is 4.40. The van der Waals surface area contributed by atoms with Gasteiger partial charge in [-0.2, -0.15) is 0 Å². The van der Waals surface area contributed by atoms with Crippen LogP contribution in [0.4, 0.5) is 5.69 Å². The number of benzene rings is 2. The van der Waals surface area contributed by atoms with Gasteiger partial charge in [0.2, 0.25) is 11.8 Å². The third kappa shape index (κ3) is 5.08. The minimum Gasteiger partial charge on any atom is -0.497 e. The zero-order valence-electron chi connectivity index (χ0n) is 20.0. The van der Waals surface area contributed by atoms with Crippen LogP contribution in [0.1, 0.15) is 43.0 Å².